The molecule has 6 nitrogen and oxygen atoms in total. The van der Waals surface area contributed by atoms with Gasteiger partial charge < -0.3 is 5.32 Å². The summed E-state index contributed by atoms with van der Waals surface area (Å²) in [7, 11) is 0. The van der Waals surface area contributed by atoms with Crippen molar-refractivity contribution in [3.63, 3.8) is 0 Å². The van der Waals surface area contributed by atoms with Gasteiger partial charge in [-0.1, -0.05) is 12.7 Å². The summed E-state index contributed by atoms with van der Waals surface area (Å²) in [6, 6.07) is 3.65. The fourth-order valence-corrected chi connectivity index (χ4v) is 2.28. The molecule has 1 aliphatic heterocycles. The molecule has 27 heavy (non-hydrogen) atoms. The molecule has 1 amide bonds. The van der Waals surface area contributed by atoms with Gasteiger partial charge in [0.2, 0.25) is 0 Å². The minimum Gasteiger partial charge on any atom is -0.305 e. The highest BCUT2D eigenvalue weighted by molar-refractivity contribution is 6.34. The fraction of sp³-hybridized carbons (Fsp3) is 0.190. The van der Waals surface area contributed by atoms with E-state index < -0.39 is 0 Å². The van der Waals surface area contributed by atoms with Crippen LogP contribution in [0.3, 0.4) is 0 Å². The van der Waals surface area contributed by atoms with Crippen LogP contribution in [0.25, 0.3) is 0 Å². The third-order valence-corrected chi connectivity index (χ3v) is 4.09. The zero-order chi connectivity index (χ0) is 19.8. The van der Waals surface area contributed by atoms with Crippen molar-refractivity contribution < 1.29 is 4.79 Å². The third-order valence-electron chi connectivity index (χ3n) is 4.09. The molecule has 0 aromatic carbocycles. The summed E-state index contributed by atoms with van der Waals surface area (Å²) in [5, 5.41) is 11.5. The van der Waals surface area contributed by atoms with E-state index >= 15 is 0 Å². The number of amides is 1. The molecule has 0 aliphatic carbocycles. The van der Waals surface area contributed by atoms with E-state index in [1.165, 1.54) is 0 Å². The lowest BCUT2D eigenvalue weighted by atomic mass is 10.0. The number of allylic oxidation sites excluding steroid dienone is 4. The monoisotopic (exact) mass is 359 g/mol. The van der Waals surface area contributed by atoms with Gasteiger partial charge in [0.25, 0.3) is 5.91 Å². The zero-order valence-corrected chi connectivity index (χ0v) is 15.7. The van der Waals surface area contributed by atoms with Crippen LogP contribution in [0.4, 0.5) is 0 Å². The lowest BCUT2D eigenvalue weighted by Crippen LogP contribution is -2.31. The first-order valence-corrected chi connectivity index (χ1v) is 8.36. The molecule has 1 N–H and O–H groups in total. The van der Waals surface area contributed by atoms with Gasteiger partial charge in [-0.3, -0.25) is 14.8 Å². The summed E-state index contributed by atoms with van der Waals surface area (Å²) in [6.07, 6.45) is 9.98. The van der Waals surface area contributed by atoms with Crippen molar-refractivity contribution in [3.05, 3.63) is 76.8 Å². The van der Waals surface area contributed by atoms with Crippen LogP contribution in [0.2, 0.25) is 0 Å². The zero-order valence-electron chi connectivity index (χ0n) is 15.7. The number of hydrogen-bond acceptors (Lipinski definition) is 5. The van der Waals surface area contributed by atoms with Crippen molar-refractivity contribution in [2.75, 3.05) is 6.54 Å². The number of carbonyl (C=O) groups excluding carboxylic acids is 1. The molecule has 1 aliphatic rings. The van der Waals surface area contributed by atoms with Gasteiger partial charge >= 0.3 is 0 Å². The SMILES string of the molecule is C=C(C#N)/C=C\C(C)=C(/C)C1=CN=C(NC(=O)c2ccncc2C)C=NC1. The molecule has 1 aromatic heterocycles. The normalized spacial score (nSPS) is 14.6. The maximum absolute atomic E-state index is 12.4. The average molecular weight is 359 g/mol. The molecule has 0 radical (unpaired) electrons. The van der Waals surface area contributed by atoms with Crippen LogP contribution < -0.4 is 5.32 Å². The Morgan fingerprint density at radius 2 is 2.15 bits per heavy atom. The second-order valence-corrected chi connectivity index (χ2v) is 6.06. The number of aliphatic imine (C=N–C) groups is 2. The third kappa shape index (κ3) is 5.44. The van der Waals surface area contributed by atoms with Crippen LogP contribution in [-0.4, -0.2) is 29.5 Å². The van der Waals surface area contributed by atoms with Gasteiger partial charge in [-0.05, 0) is 55.2 Å². The topological polar surface area (TPSA) is 90.5 Å². The van der Waals surface area contributed by atoms with Crippen molar-refractivity contribution in [1.82, 2.24) is 10.3 Å². The van der Waals surface area contributed by atoms with Crippen molar-refractivity contribution in [1.29, 1.82) is 5.26 Å². The smallest absolute Gasteiger partial charge is 0.257 e. The number of pyridine rings is 1. The first-order valence-electron chi connectivity index (χ1n) is 8.36. The van der Waals surface area contributed by atoms with Crippen LogP contribution in [0, 0.1) is 18.3 Å². The second-order valence-electron chi connectivity index (χ2n) is 6.06. The highest BCUT2D eigenvalue weighted by atomic mass is 16.1. The largest absolute Gasteiger partial charge is 0.305 e. The number of aryl methyl sites for hydroxylation is 1. The number of carbonyl (C=O) groups is 1. The van der Waals surface area contributed by atoms with Gasteiger partial charge in [-0.2, -0.15) is 5.26 Å². The summed E-state index contributed by atoms with van der Waals surface area (Å²) < 4.78 is 0. The standard InChI is InChI=1S/C21H21N5O/c1-14(9-22)5-6-15(2)17(4)18-11-24-13-20(25-12-18)26-21(27)19-7-8-23-10-16(19)3/h5-8,10,12-13H,1,11H2,2-4H3,(H,25,26,27)/b6-5-,17-15+. The Morgan fingerprint density at radius 3 is 2.85 bits per heavy atom. The maximum Gasteiger partial charge on any atom is 0.257 e. The number of amidine groups is 1. The second kappa shape index (κ2) is 9.20. The van der Waals surface area contributed by atoms with E-state index in [0.717, 1.165) is 22.3 Å². The number of aromatic nitrogens is 1. The highest BCUT2D eigenvalue weighted by Gasteiger charge is 2.12. The Hall–Kier alpha value is -3.59. The van der Waals surface area contributed by atoms with Crippen LogP contribution >= 0.6 is 0 Å². The molecular formula is C21H21N5O. The van der Waals surface area contributed by atoms with Gasteiger partial charge in [-0.15, -0.1) is 0 Å². The van der Waals surface area contributed by atoms with Crippen molar-refractivity contribution in [2.45, 2.75) is 20.8 Å². The number of nitriles is 1. The van der Waals surface area contributed by atoms with E-state index in [-0.39, 0.29) is 5.91 Å². The van der Waals surface area contributed by atoms with E-state index in [0.29, 0.717) is 23.5 Å². The van der Waals surface area contributed by atoms with Crippen molar-refractivity contribution in [3.8, 4) is 6.07 Å². The van der Waals surface area contributed by atoms with E-state index in [4.69, 9.17) is 5.26 Å². The molecule has 0 atom stereocenters. The maximum atomic E-state index is 12.4. The Balaban J connectivity index is 2.18. The molecule has 0 spiro atoms. The van der Waals surface area contributed by atoms with E-state index in [2.05, 4.69) is 26.9 Å². The lowest BCUT2D eigenvalue weighted by molar-refractivity contribution is 0.0977. The highest BCUT2D eigenvalue weighted by Crippen LogP contribution is 2.17. The Morgan fingerprint density at radius 1 is 1.37 bits per heavy atom. The molecular weight excluding hydrogens is 338 g/mol. The predicted octanol–water partition coefficient (Wildman–Crippen LogP) is 3.46. The molecule has 0 bridgehead atoms. The number of hydrogen-bond donors (Lipinski definition) is 1. The molecule has 2 rings (SSSR count). The molecule has 2 heterocycles. The molecule has 0 saturated heterocycles. The van der Waals surface area contributed by atoms with Crippen LogP contribution in [0.5, 0.6) is 0 Å². The summed E-state index contributed by atoms with van der Waals surface area (Å²) in [5.74, 6) is 0.128. The van der Waals surface area contributed by atoms with E-state index in [9.17, 15) is 4.79 Å². The Labute approximate surface area is 159 Å². The molecule has 136 valence electrons. The molecule has 0 fully saturated rings. The first-order chi connectivity index (χ1) is 12.9. The average Bonchev–Trinajstić information content (AvgIpc) is 2.91. The van der Waals surface area contributed by atoms with Crippen LogP contribution in [0.15, 0.2) is 75.7 Å². The van der Waals surface area contributed by atoms with Gasteiger partial charge in [-0.25, -0.2) is 4.99 Å². The van der Waals surface area contributed by atoms with Crippen molar-refractivity contribution >= 4 is 18.0 Å². The summed E-state index contributed by atoms with van der Waals surface area (Å²) >= 11 is 0. The molecule has 0 saturated carbocycles. The Kier molecular flexibility index (Phi) is 6.73. The van der Waals surface area contributed by atoms with Gasteiger partial charge in [0.15, 0.2) is 5.84 Å². The van der Waals surface area contributed by atoms with Gasteiger partial charge in [0, 0.05) is 29.7 Å². The number of nitrogens with zero attached hydrogens (tertiary/aromatic N) is 4. The number of rotatable bonds is 4. The van der Waals surface area contributed by atoms with Crippen molar-refractivity contribution in [2.24, 2.45) is 9.98 Å². The molecule has 1 aromatic rings. The first kappa shape index (κ1) is 19.7. The predicted molar refractivity (Wildman–Crippen MR) is 108 cm³/mol. The van der Waals surface area contributed by atoms with Gasteiger partial charge in [0.1, 0.15) is 0 Å². The minimum atomic E-state index is -0.252. The van der Waals surface area contributed by atoms with Gasteiger partial charge in [0.05, 0.1) is 18.8 Å². The minimum absolute atomic E-state index is 0.252. The van der Waals surface area contributed by atoms with Crippen LogP contribution in [-0.2, 0) is 0 Å². The molecule has 0 unspecified atom stereocenters. The summed E-state index contributed by atoms with van der Waals surface area (Å²) in [4.78, 5) is 25.1. The summed E-state index contributed by atoms with van der Waals surface area (Å²) in [6.45, 7) is 9.82. The molecule has 6 heteroatoms. The lowest BCUT2D eigenvalue weighted by Gasteiger charge is -2.06. The van der Waals surface area contributed by atoms with E-state index in [1.54, 1.807) is 37.0 Å². The Bertz CT molecular complexity index is 955. The van der Waals surface area contributed by atoms with Crippen LogP contribution in [0.1, 0.15) is 29.8 Å². The summed E-state index contributed by atoms with van der Waals surface area (Å²) in [5.41, 5.74) is 4.66. The fourth-order valence-electron chi connectivity index (χ4n) is 2.28. The van der Waals surface area contributed by atoms with E-state index in [1.807, 2.05) is 32.9 Å². The number of nitrogens with one attached hydrogen (secondary N) is 1. The quantitative estimate of drug-likeness (QED) is 0.659.